The molecule has 55 valence electrons. The average Bonchev–Trinajstić information content (AvgIpc) is 1.88. The Bertz CT molecular complexity index is 276. The van der Waals surface area contributed by atoms with Gasteiger partial charge in [-0.3, -0.25) is 0 Å². The van der Waals surface area contributed by atoms with Gasteiger partial charge in [-0.25, -0.2) is 13.4 Å². The van der Waals surface area contributed by atoms with Crippen molar-refractivity contribution in [3.8, 4) is 0 Å². The van der Waals surface area contributed by atoms with Crippen molar-refractivity contribution >= 4 is 15.0 Å². The van der Waals surface area contributed by atoms with E-state index in [-0.39, 0.29) is 5.17 Å². The Morgan fingerprint density at radius 1 is 1.80 bits per heavy atom. The molecule has 1 radical (unpaired) electrons. The molecule has 0 unspecified atom stereocenters. The lowest BCUT2D eigenvalue weighted by Gasteiger charge is -2.06. The maximum atomic E-state index is 10.7. The largest absolute Gasteiger partial charge is 0.356 e. The monoisotopic (exact) mass is 159 g/mol. The van der Waals surface area contributed by atoms with Crippen LogP contribution in [0.1, 0.15) is 0 Å². The van der Waals surface area contributed by atoms with Gasteiger partial charge in [0.15, 0.2) is 0 Å². The number of nitrogens with zero attached hydrogens (tertiary/aromatic N) is 1. The van der Waals surface area contributed by atoms with Gasteiger partial charge >= 0.3 is 0 Å². The summed E-state index contributed by atoms with van der Waals surface area (Å²) in [5, 5.41) is 2.60. The van der Waals surface area contributed by atoms with Gasteiger partial charge in [0.1, 0.15) is 0 Å². The van der Waals surface area contributed by atoms with Gasteiger partial charge in [0.2, 0.25) is 15.0 Å². The van der Waals surface area contributed by atoms with E-state index in [0.29, 0.717) is 6.54 Å². The van der Waals surface area contributed by atoms with Crippen molar-refractivity contribution in [2.45, 2.75) is 0 Å². The summed E-state index contributed by atoms with van der Waals surface area (Å²) in [6.45, 7) is 0.409. The number of amidine groups is 1. The van der Waals surface area contributed by atoms with Gasteiger partial charge in [-0.2, -0.15) is 0 Å². The molecule has 0 aromatic heterocycles. The average molecular weight is 159 g/mol. The first-order valence-corrected chi connectivity index (χ1v) is 4.56. The van der Waals surface area contributed by atoms with E-state index in [1.54, 1.807) is 0 Å². The Morgan fingerprint density at radius 2 is 2.50 bits per heavy atom. The second-order valence-electron chi connectivity index (χ2n) is 1.89. The van der Waals surface area contributed by atoms with Crippen molar-refractivity contribution in [3.05, 3.63) is 12.3 Å². The van der Waals surface area contributed by atoms with Crippen molar-refractivity contribution in [1.82, 2.24) is 5.32 Å². The van der Waals surface area contributed by atoms with Gasteiger partial charge in [0.25, 0.3) is 0 Å². The normalized spacial score (nSPS) is 17.9. The van der Waals surface area contributed by atoms with E-state index < -0.39 is 9.84 Å². The van der Waals surface area contributed by atoms with E-state index >= 15 is 0 Å². The van der Waals surface area contributed by atoms with Crippen molar-refractivity contribution in [3.63, 3.8) is 0 Å². The number of aliphatic imine (C=N–C) groups is 1. The summed E-state index contributed by atoms with van der Waals surface area (Å²) in [5.41, 5.74) is 0. The molecule has 1 rings (SSSR count). The molecule has 0 aromatic rings. The molecule has 0 spiro atoms. The minimum absolute atomic E-state index is 0.0197. The van der Waals surface area contributed by atoms with Crippen molar-refractivity contribution in [1.29, 1.82) is 0 Å². The van der Waals surface area contributed by atoms with Gasteiger partial charge in [-0.15, -0.1) is 0 Å². The molecule has 0 amide bonds. The maximum absolute atomic E-state index is 10.7. The summed E-state index contributed by atoms with van der Waals surface area (Å²) in [6, 6.07) is 0. The molecule has 0 saturated carbocycles. The lowest BCUT2D eigenvalue weighted by Crippen LogP contribution is -2.32. The first-order valence-electron chi connectivity index (χ1n) is 2.67. The molecule has 1 heterocycles. The Labute approximate surface area is 59.6 Å². The molecule has 10 heavy (non-hydrogen) atoms. The highest BCUT2D eigenvalue weighted by molar-refractivity contribution is 8.05. The first-order chi connectivity index (χ1) is 4.61. The smallest absolute Gasteiger partial charge is 0.220 e. The number of hydrogen-bond donors (Lipinski definition) is 1. The number of hydrogen-bond acceptors (Lipinski definition) is 4. The predicted octanol–water partition coefficient (Wildman–Crippen LogP) is -0.693. The van der Waals surface area contributed by atoms with Gasteiger partial charge < -0.3 is 5.32 Å². The van der Waals surface area contributed by atoms with Crippen LogP contribution >= 0.6 is 0 Å². The molecule has 1 aliphatic heterocycles. The zero-order valence-corrected chi connectivity index (χ0v) is 6.27. The molecular weight excluding hydrogens is 152 g/mol. The summed E-state index contributed by atoms with van der Waals surface area (Å²) < 4.78 is 21.5. The van der Waals surface area contributed by atoms with Gasteiger partial charge in [-0.05, 0) is 6.08 Å². The van der Waals surface area contributed by atoms with E-state index in [9.17, 15) is 8.42 Å². The number of sulfone groups is 1. The Hall–Kier alpha value is -0.840. The van der Waals surface area contributed by atoms with E-state index in [1.807, 2.05) is 0 Å². The first kappa shape index (κ1) is 7.27. The third-order valence-electron chi connectivity index (χ3n) is 0.966. The van der Waals surface area contributed by atoms with Gasteiger partial charge in [-0.1, -0.05) is 0 Å². The third-order valence-corrected chi connectivity index (χ3v) is 1.92. The molecule has 0 fully saturated rings. The van der Waals surface area contributed by atoms with E-state index in [4.69, 9.17) is 0 Å². The van der Waals surface area contributed by atoms with Crippen molar-refractivity contribution < 1.29 is 8.42 Å². The maximum Gasteiger partial charge on any atom is 0.220 e. The Balaban J connectivity index is 2.93. The summed E-state index contributed by atoms with van der Waals surface area (Å²) in [4.78, 5) is 3.58. The fourth-order valence-corrected chi connectivity index (χ4v) is 1.13. The Kier molecular flexibility index (Phi) is 1.76. The molecule has 0 atom stereocenters. The van der Waals surface area contributed by atoms with Crippen molar-refractivity contribution in [2.24, 2.45) is 4.99 Å². The summed E-state index contributed by atoms with van der Waals surface area (Å²) in [6.07, 6.45) is 5.16. The van der Waals surface area contributed by atoms with E-state index in [1.165, 1.54) is 6.20 Å². The second kappa shape index (κ2) is 2.42. The molecule has 4 nitrogen and oxygen atoms in total. The van der Waals surface area contributed by atoms with Crippen LogP contribution < -0.4 is 5.32 Å². The minimum Gasteiger partial charge on any atom is -0.356 e. The molecule has 1 N–H and O–H groups in total. The van der Waals surface area contributed by atoms with Crippen LogP contribution in [0.4, 0.5) is 0 Å². The topological polar surface area (TPSA) is 58.5 Å². The molecule has 5 heteroatoms. The fourth-order valence-electron chi connectivity index (χ4n) is 0.549. The highest BCUT2D eigenvalue weighted by Gasteiger charge is 2.12. The van der Waals surface area contributed by atoms with Crippen LogP contribution in [0, 0.1) is 6.08 Å². The summed E-state index contributed by atoms with van der Waals surface area (Å²) in [5.74, 6) is 0. The van der Waals surface area contributed by atoms with Crippen LogP contribution in [-0.4, -0.2) is 26.4 Å². The highest BCUT2D eigenvalue weighted by Crippen LogP contribution is 1.91. The number of nitrogens with one attached hydrogen (secondary N) is 1. The standard InChI is InChI=1S/C5H7N2O2S/c1-10(8,9)5-6-3-2-4-7-5/h3H,4H2,1H3,(H,6,7). The van der Waals surface area contributed by atoms with Crippen LogP contribution in [0.5, 0.6) is 0 Å². The number of rotatable bonds is 0. The van der Waals surface area contributed by atoms with Crippen LogP contribution in [0.25, 0.3) is 0 Å². The quantitative estimate of drug-likeness (QED) is 0.509. The van der Waals surface area contributed by atoms with E-state index in [2.05, 4.69) is 16.4 Å². The lowest BCUT2D eigenvalue weighted by molar-refractivity contribution is 0.611. The minimum atomic E-state index is -3.16. The second-order valence-corrected chi connectivity index (χ2v) is 3.82. The molecule has 1 aliphatic rings. The molecule has 0 bridgehead atoms. The SMILES string of the molecule is CS(=O)(=O)C1=NC=[C]CN1. The highest BCUT2D eigenvalue weighted by atomic mass is 32.2. The van der Waals surface area contributed by atoms with Crippen LogP contribution in [0.2, 0.25) is 0 Å². The van der Waals surface area contributed by atoms with Gasteiger partial charge in [0.05, 0.1) is 0 Å². The van der Waals surface area contributed by atoms with Crippen LogP contribution in [0.3, 0.4) is 0 Å². The fraction of sp³-hybridized carbons (Fsp3) is 0.400. The zero-order valence-electron chi connectivity index (χ0n) is 5.46. The molecule has 0 aromatic carbocycles. The predicted molar refractivity (Wildman–Crippen MR) is 38.1 cm³/mol. The van der Waals surface area contributed by atoms with Gasteiger partial charge in [0, 0.05) is 19.0 Å². The zero-order chi connectivity index (χ0) is 7.61. The Morgan fingerprint density at radius 3 is 2.80 bits per heavy atom. The molecule has 0 saturated heterocycles. The van der Waals surface area contributed by atoms with Crippen LogP contribution in [-0.2, 0) is 9.84 Å². The molecule has 0 aliphatic carbocycles. The summed E-state index contributed by atoms with van der Waals surface area (Å²) in [7, 11) is -3.16. The van der Waals surface area contributed by atoms with Crippen LogP contribution in [0.15, 0.2) is 11.2 Å². The lowest BCUT2D eigenvalue weighted by atomic mass is 10.6. The summed E-state index contributed by atoms with van der Waals surface area (Å²) >= 11 is 0. The van der Waals surface area contributed by atoms with Crippen molar-refractivity contribution in [2.75, 3.05) is 12.8 Å². The molecular formula is C5H7N2O2S. The third kappa shape index (κ3) is 1.57. The van der Waals surface area contributed by atoms with E-state index in [0.717, 1.165) is 6.26 Å².